The van der Waals surface area contributed by atoms with Crippen LogP contribution < -0.4 is 0 Å². The molecule has 1 aromatic heterocycles. The molecule has 0 saturated carbocycles. The number of rotatable bonds is 2. The zero-order chi connectivity index (χ0) is 16.1. The van der Waals surface area contributed by atoms with Crippen LogP contribution in [0.1, 0.15) is 38.1 Å². The normalized spacial score (nSPS) is 19.8. The molecule has 1 aliphatic rings. The summed E-state index contributed by atoms with van der Waals surface area (Å²) in [7, 11) is -1.45. The number of fused-ring (bicyclic) bond motifs is 1. The molecule has 0 bridgehead atoms. The van der Waals surface area contributed by atoms with Crippen LogP contribution in [0.5, 0.6) is 0 Å². The number of oxime groups is 1. The molecule has 0 N–H and O–H groups in total. The maximum Gasteiger partial charge on any atom is 0.185 e. The Kier molecular flexibility index (Phi) is 3.72. The van der Waals surface area contributed by atoms with Gasteiger partial charge in [-0.3, -0.25) is 4.21 Å². The minimum atomic E-state index is -1.45. The van der Waals surface area contributed by atoms with E-state index in [1.165, 1.54) is 6.07 Å². The molecule has 8 heteroatoms. The van der Waals surface area contributed by atoms with Gasteiger partial charge in [0.05, 0.1) is 26.5 Å². The molecular formula is C14H14ClFN2O3S. The average molecular weight is 345 g/mol. The van der Waals surface area contributed by atoms with Crippen molar-refractivity contribution in [3.8, 4) is 0 Å². The van der Waals surface area contributed by atoms with E-state index in [1.54, 1.807) is 6.92 Å². The number of benzene rings is 1. The zero-order valence-corrected chi connectivity index (χ0v) is 13.8. The Morgan fingerprint density at radius 2 is 2.18 bits per heavy atom. The van der Waals surface area contributed by atoms with Crippen LogP contribution in [0, 0.1) is 5.82 Å². The van der Waals surface area contributed by atoms with Crippen LogP contribution >= 0.6 is 11.6 Å². The Hall–Kier alpha value is -1.47. The molecule has 22 heavy (non-hydrogen) atoms. The highest BCUT2D eigenvalue weighted by atomic mass is 35.5. The molecule has 2 heterocycles. The van der Waals surface area contributed by atoms with E-state index in [-0.39, 0.29) is 10.6 Å². The van der Waals surface area contributed by atoms with Crippen molar-refractivity contribution >= 4 is 38.4 Å². The molecule has 118 valence electrons. The van der Waals surface area contributed by atoms with Crippen molar-refractivity contribution in [1.82, 2.24) is 5.16 Å². The van der Waals surface area contributed by atoms with Gasteiger partial charge in [-0.15, -0.1) is 0 Å². The molecule has 2 unspecified atom stereocenters. The Bertz CT molecular complexity index is 803. The first kappa shape index (κ1) is 15.4. The summed E-state index contributed by atoms with van der Waals surface area (Å²) in [5.74, 6) is -0.498. The van der Waals surface area contributed by atoms with Crippen LogP contribution in [0.4, 0.5) is 4.39 Å². The second-order valence-corrected chi connectivity index (χ2v) is 7.96. The quantitative estimate of drug-likeness (QED) is 0.827. The van der Waals surface area contributed by atoms with Gasteiger partial charge in [-0.25, -0.2) is 4.39 Å². The van der Waals surface area contributed by atoms with Gasteiger partial charge in [0.1, 0.15) is 22.2 Å². The Morgan fingerprint density at radius 1 is 1.45 bits per heavy atom. The lowest BCUT2D eigenvalue weighted by molar-refractivity contribution is 0.0123. The second-order valence-electron chi connectivity index (χ2n) is 5.78. The summed E-state index contributed by atoms with van der Waals surface area (Å²) in [6.07, 6.45) is 0.467. The molecule has 3 rings (SSSR count). The maximum absolute atomic E-state index is 13.5. The van der Waals surface area contributed by atoms with Gasteiger partial charge in [-0.05, 0) is 32.9 Å². The predicted octanol–water partition coefficient (Wildman–Crippen LogP) is 3.94. The second kappa shape index (κ2) is 5.31. The zero-order valence-electron chi connectivity index (χ0n) is 12.2. The molecule has 5 nitrogen and oxygen atoms in total. The Balaban J connectivity index is 1.96. The molecule has 0 saturated heterocycles. The van der Waals surface area contributed by atoms with Gasteiger partial charge in [-0.2, -0.15) is 0 Å². The fraction of sp³-hybridized carbons (Fsp3) is 0.429. The van der Waals surface area contributed by atoms with Crippen molar-refractivity contribution in [3.63, 3.8) is 0 Å². The standard InChI is InChI=1S/C14H14ClFN2O3S/c1-7(22(19)11-6-14(2,3)21-17-11)12-9-4-8(16)5-10(15)13(9)20-18-12/h4-5,7H,6H2,1-3H3. The van der Waals surface area contributed by atoms with Crippen molar-refractivity contribution < 1.29 is 18.0 Å². The summed E-state index contributed by atoms with van der Waals surface area (Å²) in [6, 6.07) is 2.43. The summed E-state index contributed by atoms with van der Waals surface area (Å²) in [4.78, 5) is 5.24. The third-order valence-corrected chi connectivity index (χ3v) is 5.26. The molecule has 2 atom stereocenters. The SMILES string of the molecule is CC(c1noc2c(Cl)cc(F)cc12)S(=O)C1=NOC(C)(C)C1. The van der Waals surface area contributed by atoms with Gasteiger partial charge in [0.15, 0.2) is 5.58 Å². The summed E-state index contributed by atoms with van der Waals surface area (Å²) in [6.45, 7) is 5.46. The van der Waals surface area contributed by atoms with Gasteiger partial charge in [-0.1, -0.05) is 21.9 Å². The molecule has 2 aromatic rings. The lowest BCUT2D eigenvalue weighted by Gasteiger charge is -2.13. The van der Waals surface area contributed by atoms with Crippen LogP contribution in [0.15, 0.2) is 21.8 Å². The van der Waals surface area contributed by atoms with Crippen molar-refractivity contribution in [2.45, 2.75) is 38.0 Å². The van der Waals surface area contributed by atoms with E-state index in [0.717, 1.165) is 6.07 Å². The number of nitrogens with zero attached hydrogens (tertiary/aromatic N) is 2. The van der Waals surface area contributed by atoms with Crippen molar-refractivity contribution in [2.24, 2.45) is 5.16 Å². The number of aromatic nitrogens is 1. The Labute approximate surface area is 133 Å². The minimum absolute atomic E-state index is 0.134. The molecule has 0 radical (unpaired) electrons. The number of hydrogen-bond acceptors (Lipinski definition) is 5. The van der Waals surface area contributed by atoms with E-state index >= 15 is 0 Å². The van der Waals surface area contributed by atoms with Gasteiger partial charge in [0, 0.05) is 6.42 Å². The third kappa shape index (κ3) is 2.63. The topological polar surface area (TPSA) is 64.7 Å². The van der Waals surface area contributed by atoms with E-state index in [9.17, 15) is 8.60 Å². The molecule has 1 aromatic carbocycles. The van der Waals surface area contributed by atoms with E-state index in [0.29, 0.717) is 22.5 Å². The highest BCUT2D eigenvalue weighted by molar-refractivity contribution is 8.00. The van der Waals surface area contributed by atoms with Gasteiger partial charge in [0.25, 0.3) is 0 Å². The van der Waals surface area contributed by atoms with E-state index in [1.807, 2.05) is 13.8 Å². The fourth-order valence-electron chi connectivity index (χ4n) is 2.30. The van der Waals surface area contributed by atoms with Gasteiger partial charge >= 0.3 is 0 Å². The van der Waals surface area contributed by atoms with Crippen molar-refractivity contribution in [1.29, 1.82) is 0 Å². The summed E-state index contributed by atoms with van der Waals surface area (Å²) in [5.41, 5.74) is 0.209. The predicted molar refractivity (Wildman–Crippen MR) is 82.8 cm³/mol. The van der Waals surface area contributed by atoms with E-state index in [4.69, 9.17) is 21.0 Å². The van der Waals surface area contributed by atoms with Crippen LogP contribution in [0.2, 0.25) is 5.02 Å². The Morgan fingerprint density at radius 3 is 2.82 bits per heavy atom. The van der Waals surface area contributed by atoms with Crippen LogP contribution in [0.25, 0.3) is 11.0 Å². The van der Waals surface area contributed by atoms with E-state index < -0.39 is 27.5 Å². The van der Waals surface area contributed by atoms with Crippen LogP contribution in [0.3, 0.4) is 0 Å². The summed E-state index contributed by atoms with van der Waals surface area (Å²) >= 11 is 5.93. The highest BCUT2D eigenvalue weighted by Crippen LogP contribution is 2.34. The molecule has 0 aliphatic carbocycles. The van der Waals surface area contributed by atoms with Crippen LogP contribution in [-0.2, 0) is 15.6 Å². The molecule has 1 aliphatic heterocycles. The lowest BCUT2D eigenvalue weighted by atomic mass is 10.1. The first-order chi connectivity index (χ1) is 10.3. The highest BCUT2D eigenvalue weighted by Gasteiger charge is 2.35. The molecule has 0 amide bonds. The molecular weight excluding hydrogens is 331 g/mol. The van der Waals surface area contributed by atoms with Gasteiger partial charge < -0.3 is 9.36 Å². The monoisotopic (exact) mass is 344 g/mol. The minimum Gasteiger partial charge on any atom is -0.389 e. The summed E-state index contributed by atoms with van der Waals surface area (Å²) < 4.78 is 31.3. The summed E-state index contributed by atoms with van der Waals surface area (Å²) in [5, 5.41) is 8.29. The van der Waals surface area contributed by atoms with Gasteiger partial charge in [0.2, 0.25) is 0 Å². The largest absolute Gasteiger partial charge is 0.389 e. The number of hydrogen-bond donors (Lipinski definition) is 0. The molecule has 0 spiro atoms. The lowest BCUT2D eigenvalue weighted by Crippen LogP contribution is -2.21. The van der Waals surface area contributed by atoms with E-state index in [2.05, 4.69) is 10.3 Å². The average Bonchev–Trinajstić information content (AvgIpc) is 3.00. The molecule has 0 fully saturated rings. The first-order valence-electron chi connectivity index (χ1n) is 6.68. The third-order valence-electron chi connectivity index (χ3n) is 3.43. The number of halogens is 2. The van der Waals surface area contributed by atoms with Crippen molar-refractivity contribution in [2.75, 3.05) is 0 Å². The van der Waals surface area contributed by atoms with Crippen molar-refractivity contribution in [3.05, 3.63) is 28.7 Å². The smallest absolute Gasteiger partial charge is 0.185 e. The first-order valence-corrected chi connectivity index (χ1v) is 8.27. The maximum atomic E-state index is 13.5. The van der Waals surface area contributed by atoms with Crippen LogP contribution in [-0.4, -0.2) is 20.0 Å². The fourth-order valence-corrected chi connectivity index (χ4v) is 3.92.